The van der Waals surface area contributed by atoms with Gasteiger partial charge in [-0.1, -0.05) is 12.1 Å². The lowest BCUT2D eigenvalue weighted by molar-refractivity contribution is 0.314. The number of guanidine groups is 1. The quantitative estimate of drug-likeness (QED) is 0.391. The number of rotatable bonds is 6. The highest BCUT2D eigenvalue weighted by atomic mass is 127. The van der Waals surface area contributed by atoms with Crippen molar-refractivity contribution in [2.24, 2.45) is 10.9 Å². The molecule has 6 heteroatoms. The van der Waals surface area contributed by atoms with E-state index in [4.69, 9.17) is 4.74 Å². The van der Waals surface area contributed by atoms with Gasteiger partial charge in [-0.3, -0.25) is 4.99 Å². The topological polar surface area (TPSA) is 48.9 Å². The molecule has 2 fully saturated rings. The Morgan fingerprint density at radius 1 is 1.28 bits per heavy atom. The van der Waals surface area contributed by atoms with E-state index in [2.05, 4.69) is 45.6 Å². The van der Waals surface area contributed by atoms with Crippen molar-refractivity contribution in [3.8, 4) is 5.75 Å². The maximum Gasteiger partial charge on any atom is 0.191 e. The summed E-state index contributed by atoms with van der Waals surface area (Å²) in [7, 11) is 3.55. The third-order valence-electron chi connectivity index (χ3n) is 5.05. The molecule has 2 N–H and O–H groups in total. The molecule has 140 valence electrons. The smallest absolute Gasteiger partial charge is 0.191 e. The molecule has 1 saturated carbocycles. The molecule has 1 atom stereocenters. The van der Waals surface area contributed by atoms with Crippen LogP contribution in [0.15, 0.2) is 23.2 Å². The predicted molar refractivity (Wildman–Crippen MR) is 114 cm³/mol. The second-order valence-corrected chi connectivity index (χ2v) is 7.00. The maximum atomic E-state index is 5.47. The molecule has 1 heterocycles. The van der Waals surface area contributed by atoms with Gasteiger partial charge < -0.3 is 20.3 Å². The molecule has 1 aliphatic heterocycles. The van der Waals surface area contributed by atoms with Gasteiger partial charge in [0, 0.05) is 38.3 Å². The number of benzene rings is 1. The molecule has 1 unspecified atom stereocenters. The first-order valence-corrected chi connectivity index (χ1v) is 9.01. The minimum atomic E-state index is 0. The van der Waals surface area contributed by atoms with Crippen LogP contribution in [-0.4, -0.2) is 50.7 Å². The van der Waals surface area contributed by atoms with Gasteiger partial charge >= 0.3 is 0 Å². The number of aryl methyl sites for hydroxylation is 1. The number of aliphatic imine (C=N–C) groups is 1. The third kappa shape index (κ3) is 5.74. The van der Waals surface area contributed by atoms with Crippen molar-refractivity contribution >= 4 is 29.9 Å². The Morgan fingerprint density at radius 2 is 2.08 bits per heavy atom. The summed E-state index contributed by atoms with van der Waals surface area (Å²) in [4.78, 5) is 7.00. The van der Waals surface area contributed by atoms with Crippen LogP contribution in [0, 0.1) is 12.8 Å². The summed E-state index contributed by atoms with van der Waals surface area (Å²) >= 11 is 0. The summed E-state index contributed by atoms with van der Waals surface area (Å²) in [6.45, 7) is 6.28. The number of nitrogens with zero attached hydrogens (tertiary/aromatic N) is 2. The highest BCUT2D eigenvalue weighted by molar-refractivity contribution is 14.0. The van der Waals surface area contributed by atoms with Crippen LogP contribution in [0.4, 0.5) is 0 Å². The summed E-state index contributed by atoms with van der Waals surface area (Å²) in [6.07, 6.45) is 4.11. The molecule has 0 amide bonds. The second kappa shape index (κ2) is 9.62. The standard InChI is InChI=1S/C19H30N4O.HI/c1-14-4-5-16(18(10-14)24-3)12-22-19(20-2)21-11-15-8-9-23(13-15)17-6-7-17;/h4-5,10,15,17H,6-9,11-13H2,1-3H3,(H2,20,21,22);1H. The zero-order valence-corrected chi connectivity index (χ0v) is 17.9. The van der Waals surface area contributed by atoms with Crippen molar-refractivity contribution in [2.45, 2.75) is 38.8 Å². The maximum absolute atomic E-state index is 5.47. The minimum Gasteiger partial charge on any atom is -0.496 e. The molecular weight excluding hydrogens is 427 g/mol. The molecule has 1 saturated heterocycles. The van der Waals surface area contributed by atoms with Crippen LogP contribution in [0.3, 0.4) is 0 Å². The van der Waals surface area contributed by atoms with E-state index in [1.165, 1.54) is 37.9 Å². The molecule has 5 nitrogen and oxygen atoms in total. The largest absolute Gasteiger partial charge is 0.496 e. The lowest BCUT2D eigenvalue weighted by atomic mass is 10.1. The van der Waals surface area contributed by atoms with Crippen molar-refractivity contribution in [3.05, 3.63) is 29.3 Å². The Kier molecular flexibility index (Phi) is 7.81. The number of hydrogen-bond acceptors (Lipinski definition) is 3. The Labute approximate surface area is 168 Å². The predicted octanol–water partition coefficient (Wildman–Crippen LogP) is 2.77. The van der Waals surface area contributed by atoms with Crippen molar-refractivity contribution in [3.63, 3.8) is 0 Å². The molecule has 2 aliphatic rings. The van der Waals surface area contributed by atoms with E-state index in [0.717, 1.165) is 35.8 Å². The lowest BCUT2D eigenvalue weighted by Crippen LogP contribution is -2.40. The Balaban J connectivity index is 0.00000225. The van der Waals surface area contributed by atoms with Crippen LogP contribution in [-0.2, 0) is 6.54 Å². The summed E-state index contributed by atoms with van der Waals surface area (Å²) in [6, 6.07) is 7.18. The molecule has 0 aromatic heterocycles. The highest BCUT2D eigenvalue weighted by Gasteiger charge is 2.34. The van der Waals surface area contributed by atoms with Crippen LogP contribution < -0.4 is 15.4 Å². The van der Waals surface area contributed by atoms with Gasteiger partial charge in [-0.2, -0.15) is 0 Å². The first-order valence-electron chi connectivity index (χ1n) is 9.01. The van der Waals surface area contributed by atoms with Crippen molar-refractivity contribution in [2.75, 3.05) is 33.8 Å². The average molecular weight is 458 g/mol. The van der Waals surface area contributed by atoms with Gasteiger partial charge in [0.25, 0.3) is 0 Å². The van der Waals surface area contributed by atoms with Gasteiger partial charge in [0.05, 0.1) is 7.11 Å². The van der Waals surface area contributed by atoms with Gasteiger partial charge in [-0.15, -0.1) is 24.0 Å². The summed E-state index contributed by atoms with van der Waals surface area (Å²) < 4.78 is 5.47. The van der Waals surface area contributed by atoms with Gasteiger partial charge in [0.15, 0.2) is 5.96 Å². The van der Waals surface area contributed by atoms with Gasteiger partial charge in [-0.05, 0) is 50.3 Å². The van der Waals surface area contributed by atoms with Crippen LogP contribution in [0.2, 0.25) is 0 Å². The average Bonchev–Trinajstić information content (AvgIpc) is 3.34. The number of methoxy groups -OCH3 is 1. The van der Waals surface area contributed by atoms with Crippen molar-refractivity contribution in [1.82, 2.24) is 15.5 Å². The molecule has 0 bridgehead atoms. The Bertz CT molecular complexity index is 589. The Hall–Kier alpha value is -1.02. The molecule has 1 aromatic carbocycles. The first kappa shape index (κ1) is 20.3. The monoisotopic (exact) mass is 458 g/mol. The molecule has 3 rings (SSSR count). The van der Waals surface area contributed by atoms with E-state index in [1.807, 2.05) is 7.05 Å². The number of halogens is 1. The van der Waals surface area contributed by atoms with E-state index >= 15 is 0 Å². The third-order valence-corrected chi connectivity index (χ3v) is 5.05. The number of hydrogen-bond donors (Lipinski definition) is 2. The number of likely N-dealkylation sites (tertiary alicyclic amines) is 1. The van der Waals surface area contributed by atoms with Gasteiger partial charge in [0.1, 0.15) is 5.75 Å². The molecule has 0 spiro atoms. The van der Waals surface area contributed by atoms with Crippen LogP contribution >= 0.6 is 24.0 Å². The lowest BCUT2D eigenvalue weighted by Gasteiger charge is -2.17. The normalized spacial score (nSPS) is 20.9. The highest BCUT2D eigenvalue weighted by Crippen LogP contribution is 2.31. The Morgan fingerprint density at radius 3 is 2.76 bits per heavy atom. The van der Waals surface area contributed by atoms with E-state index in [1.54, 1.807) is 7.11 Å². The summed E-state index contributed by atoms with van der Waals surface area (Å²) in [5, 5.41) is 6.88. The van der Waals surface area contributed by atoms with Crippen LogP contribution in [0.5, 0.6) is 5.75 Å². The number of ether oxygens (including phenoxy) is 1. The van der Waals surface area contributed by atoms with E-state index in [9.17, 15) is 0 Å². The fourth-order valence-corrected chi connectivity index (χ4v) is 3.44. The SMILES string of the molecule is CN=C(NCc1ccc(C)cc1OC)NCC1CCN(C2CC2)C1.I. The summed E-state index contributed by atoms with van der Waals surface area (Å²) in [5.41, 5.74) is 2.35. The molecular formula is C19H31IN4O. The van der Waals surface area contributed by atoms with E-state index in [-0.39, 0.29) is 24.0 Å². The van der Waals surface area contributed by atoms with Crippen LogP contribution in [0.1, 0.15) is 30.4 Å². The first-order chi connectivity index (χ1) is 11.7. The molecule has 1 aromatic rings. The van der Waals surface area contributed by atoms with E-state index in [0.29, 0.717) is 6.54 Å². The van der Waals surface area contributed by atoms with Gasteiger partial charge in [0.2, 0.25) is 0 Å². The zero-order chi connectivity index (χ0) is 16.9. The summed E-state index contributed by atoms with van der Waals surface area (Å²) in [5.74, 6) is 2.52. The van der Waals surface area contributed by atoms with E-state index < -0.39 is 0 Å². The fourth-order valence-electron chi connectivity index (χ4n) is 3.44. The second-order valence-electron chi connectivity index (χ2n) is 7.00. The molecule has 1 aliphatic carbocycles. The van der Waals surface area contributed by atoms with Crippen molar-refractivity contribution < 1.29 is 4.74 Å². The zero-order valence-electron chi connectivity index (χ0n) is 15.5. The van der Waals surface area contributed by atoms with Crippen LogP contribution in [0.25, 0.3) is 0 Å². The fraction of sp³-hybridized carbons (Fsp3) is 0.632. The molecule has 25 heavy (non-hydrogen) atoms. The number of nitrogens with one attached hydrogen (secondary N) is 2. The van der Waals surface area contributed by atoms with Crippen molar-refractivity contribution in [1.29, 1.82) is 0 Å². The minimum absolute atomic E-state index is 0. The molecule has 0 radical (unpaired) electrons. The van der Waals surface area contributed by atoms with Gasteiger partial charge in [-0.25, -0.2) is 0 Å².